The van der Waals surface area contributed by atoms with Crippen molar-refractivity contribution in [3.05, 3.63) is 172 Å². The summed E-state index contributed by atoms with van der Waals surface area (Å²) in [6.07, 6.45) is 5.13. The van der Waals surface area contributed by atoms with Gasteiger partial charge >= 0.3 is 0 Å². The van der Waals surface area contributed by atoms with Crippen LogP contribution in [0, 0.1) is 25.5 Å². The van der Waals surface area contributed by atoms with E-state index < -0.39 is 11.6 Å². The molecule has 0 aromatic heterocycles. The molecular weight excluding hydrogens is 554 g/mol. The summed E-state index contributed by atoms with van der Waals surface area (Å²) in [6, 6.07) is 32.9. The van der Waals surface area contributed by atoms with Gasteiger partial charge in [0.1, 0.15) is 11.6 Å². The highest BCUT2D eigenvalue weighted by Gasteiger charge is 2.08. The van der Waals surface area contributed by atoms with Crippen LogP contribution < -0.4 is 10.6 Å². The van der Waals surface area contributed by atoms with Crippen LogP contribution in [0.2, 0.25) is 0 Å². The fraction of sp³-hybridized carbons (Fsp3) is 0.0526. The third kappa shape index (κ3) is 8.94. The van der Waals surface area contributed by atoms with Crippen molar-refractivity contribution in [2.75, 3.05) is 10.6 Å². The van der Waals surface area contributed by atoms with Gasteiger partial charge in [-0.3, -0.25) is 9.59 Å². The molecule has 0 unspecified atom stereocenters. The summed E-state index contributed by atoms with van der Waals surface area (Å²) >= 11 is 0. The first-order valence-corrected chi connectivity index (χ1v) is 13.9. The third-order valence-electron chi connectivity index (χ3n) is 6.68. The van der Waals surface area contributed by atoms with E-state index in [1.54, 1.807) is 54.6 Å². The summed E-state index contributed by atoms with van der Waals surface area (Å²) in [7, 11) is 0. The maximum atomic E-state index is 13.3. The van der Waals surface area contributed by atoms with Crippen LogP contribution in [0.1, 0.15) is 48.5 Å². The van der Waals surface area contributed by atoms with E-state index in [4.69, 9.17) is 0 Å². The van der Waals surface area contributed by atoms with Gasteiger partial charge < -0.3 is 10.6 Å². The molecule has 0 heterocycles. The first-order valence-electron chi connectivity index (χ1n) is 13.9. The van der Waals surface area contributed by atoms with Crippen LogP contribution in [-0.4, -0.2) is 11.8 Å². The maximum absolute atomic E-state index is 13.3. The molecule has 0 atom stereocenters. The van der Waals surface area contributed by atoms with Gasteiger partial charge in [0, 0.05) is 28.6 Å². The van der Waals surface area contributed by atoms with Crippen molar-refractivity contribution in [1.29, 1.82) is 0 Å². The van der Waals surface area contributed by atoms with Crippen molar-refractivity contribution in [2.24, 2.45) is 0 Å². The van der Waals surface area contributed by atoms with E-state index in [-0.39, 0.29) is 11.8 Å². The minimum absolute atomic E-state index is 0.0973. The summed E-state index contributed by atoms with van der Waals surface area (Å²) in [6.45, 7) is 7.59. The standard InChI is InChI=1S/C22H17F2NO.C16H15NO/c1-15-7-8-16(9-10-17-11-19(23)14-20(24)12-17)13-21(15)25-22(26)18-5-3-2-4-6-18;1-3-13-10-9-12(2)15(11-13)17-16(18)14-7-5-4-6-8-14/h2-14H,1H3,(H,25,26);3-11H,1H2,2H3,(H,17,18)/b10-9+;. The molecule has 5 rings (SSSR count). The number of anilines is 2. The molecule has 5 aromatic rings. The number of aryl methyl sites for hydroxylation is 2. The summed E-state index contributed by atoms with van der Waals surface area (Å²) in [5, 5.41) is 5.80. The summed E-state index contributed by atoms with van der Waals surface area (Å²) in [4.78, 5) is 24.3. The number of carbonyl (C=O) groups is 2. The first kappa shape index (κ1) is 31.3. The fourth-order valence-corrected chi connectivity index (χ4v) is 4.21. The van der Waals surface area contributed by atoms with Gasteiger partial charge in [0.05, 0.1) is 0 Å². The molecule has 0 bridgehead atoms. The second-order valence-electron chi connectivity index (χ2n) is 10.0. The number of nitrogens with one attached hydrogen (secondary N) is 2. The zero-order valence-electron chi connectivity index (χ0n) is 24.5. The number of rotatable bonds is 7. The molecule has 5 aromatic carbocycles. The Labute approximate surface area is 256 Å². The van der Waals surface area contributed by atoms with Crippen molar-refractivity contribution in [2.45, 2.75) is 13.8 Å². The molecule has 220 valence electrons. The molecule has 0 aliphatic carbocycles. The minimum atomic E-state index is -0.621. The zero-order valence-corrected chi connectivity index (χ0v) is 24.5. The van der Waals surface area contributed by atoms with Crippen LogP contribution in [0.4, 0.5) is 20.2 Å². The predicted molar refractivity (Wildman–Crippen MR) is 177 cm³/mol. The van der Waals surface area contributed by atoms with Crippen LogP contribution in [0.5, 0.6) is 0 Å². The topological polar surface area (TPSA) is 58.2 Å². The molecule has 2 amide bonds. The summed E-state index contributed by atoms with van der Waals surface area (Å²) in [5.74, 6) is -1.53. The Balaban J connectivity index is 0.000000215. The smallest absolute Gasteiger partial charge is 0.255 e. The van der Waals surface area contributed by atoms with Crippen molar-refractivity contribution in [3.8, 4) is 0 Å². The summed E-state index contributed by atoms with van der Waals surface area (Å²) < 4.78 is 26.5. The van der Waals surface area contributed by atoms with Gasteiger partial charge in [0.15, 0.2) is 0 Å². The van der Waals surface area contributed by atoms with Crippen LogP contribution in [-0.2, 0) is 0 Å². The van der Waals surface area contributed by atoms with Crippen LogP contribution in [0.15, 0.2) is 122 Å². The highest BCUT2D eigenvalue weighted by Crippen LogP contribution is 2.21. The Morgan fingerprint density at radius 1 is 0.568 bits per heavy atom. The second-order valence-corrected chi connectivity index (χ2v) is 10.0. The fourth-order valence-electron chi connectivity index (χ4n) is 4.21. The van der Waals surface area contributed by atoms with Gasteiger partial charge in [-0.05, 0) is 90.2 Å². The van der Waals surface area contributed by atoms with E-state index in [2.05, 4.69) is 17.2 Å². The summed E-state index contributed by atoms with van der Waals surface area (Å²) in [5.41, 5.74) is 6.91. The molecule has 0 aliphatic heterocycles. The van der Waals surface area contributed by atoms with Crippen molar-refractivity contribution in [1.82, 2.24) is 0 Å². The SMILES string of the molecule is C=Cc1ccc(C)c(NC(=O)c2ccccc2)c1.Cc1ccc(/C=C/c2cc(F)cc(F)c2)cc1NC(=O)c1ccccc1. The molecule has 0 saturated heterocycles. The molecule has 44 heavy (non-hydrogen) atoms. The lowest BCUT2D eigenvalue weighted by Crippen LogP contribution is -2.12. The lowest BCUT2D eigenvalue weighted by molar-refractivity contribution is 0.101. The second kappa shape index (κ2) is 15.0. The minimum Gasteiger partial charge on any atom is -0.322 e. The van der Waals surface area contributed by atoms with Crippen LogP contribution in [0.25, 0.3) is 18.2 Å². The van der Waals surface area contributed by atoms with Crippen molar-refractivity contribution in [3.63, 3.8) is 0 Å². The third-order valence-corrected chi connectivity index (χ3v) is 6.68. The number of hydrogen-bond acceptors (Lipinski definition) is 2. The molecular formula is C38H32F2N2O2. The highest BCUT2D eigenvalue weighted by molar-refractivity contribution is 6.05. The van der Waals surface area contributed by atoms with Gasteiger partial charge in [0.25, 0.3) is 11.8 Å². The molecule has 6 heteroatoms. The van der Waals surface area contributed by atoms with E-state index in [0.717, 1.165) is 34.0 Å². The Bertz CT molecular complexity index is 1780. The molecule has 0 aliphatic rings. The van der Waals surface area contributed by atoms with Crippen molar-refractivity contribution >= 4 is 41.4 Å². The lowest BCUT2D eigenvalue weighted by atomic mass is 10.1. The Morgan fingerprint density at radius 3 is 1.48 bits per heavy atom. The van der Waals surface area contributed by atoms with Gasteiger partial charge in [0.2, 0.25) is 0 Å². The number of benzene rings is 5. The van der Waals surface area contributed by atoms with Gasteiger partial charge in [-0.1, -0.05) is 85.5 Å². The molecule has 0 saturated carbocycles. The number of halogens is 2. The van der Waals surface area contributed by atoms with Crippen LogP contribution >= 0.6 is 0 Å². The number of amides is 2. The molecule has 0 spiro atoms. The molecule has 0 radical (unpaired) electrons. The van der Waals surface area contributed by atoms with E-state index >= 15 is 0 Å². The predicted octanol–water partition coefficient (Wildman–Crippen LogP) is 9.59. The first-order chi connectivity index (χ1) is 21.2. The molecule has 2 N–H and O–H groups in total. The molecule has 4 nitrogen and oxygen atoms in total. The zero-order chi connectivity index (χ0) is 31.5. The van der Waals surface area contributed by atoms with Gasteiger partial charge in [-0.25, -0.2) is 8.78 Å². The normalized spacial score (nSPS) is 10.5. The van der Waals surface area contributed by atoms with Crippen molar-refractivity contribution < 1.29 is 18.4 Å². The monoisotopic (exact) mass is 586 g/mol. The highest BCUT2D eigenvalue weighted by atomic mass is 19.1. The average Bonchev–Trinajstić information content (AvgIpc) is 3.03. The largest absolute Gasteiger partial charge is 0.322 e. The average molecular weight is 587 g/mol. The van der Waals surface area contributed by atoms with Gasteiger partial charge in [-0.2, -0.15) is 0 Å². The van der Waals surface area contributed by atoms with E-state index in [1.807, 2.05) is 74.5 Å². The number of carbonyl (C=O) groups excluding carboxylic acids is 2. The lowest BCUT2D eigenvalue weighted by Gasteiger charge is -2.09. The quantitative estimate of drug-likeness (QED) is 0.187. The Hall–Kier alpha value is -5.62. The van der Waals surface area contributed by atoms with Gasteiger partial charge in [-0.15, -0.1) is 0 Å². The van der Waals surface area contributed by atoms with E-state index in [1.165, 1.54) is 12.1 Å². The van der Waals surface area contributed by atoms with E-state index in [0.29, 0.717) is 22.4 Å². The number of hydrogen-bond donors (Lipinski definition) is 2. The van der Waals surface area contributed by atoms with E-state index in [9.17, 15) is 18.4 Å². The molecule has 0 fully saturated rings. The maximum Gasteiger partial charge on any atom is 0.255 e. The van der Waals surface area contributed by atoms with Crippen LogP contribution in [0.3, 0.4) is 0 Å². The Kier molecular flexibility index (Phi) is 10.7. The Morgan fingerprint density at radius 2 is 1.00 bits per heavy atom.